The molecule has 0 aliphatic rings. The van der Waals surface area contributed by atoms with Crippen molar-refractivity contribution in [1.82, 2.24) is 0 Å². The molecule has 0 saturated heterocycles. The van der Waals surface area contributed by atoms with Gasteiger partial charge < -0.3 is 9.47 Å². The largest absolute Gasteiger partial charge is 0.501 e. The molecule has 0 amide bonds. The van der Waals surface area contributed by atoms with Crippen molar-refractivity contribution >= 4 is 0 Å². The Morgan fingerprint density at radius 2 is 2.06 bits per heavy atom. The molecule has 0 bridgehead atoms. The lowest BCUT2D eigenvalue weighted by atomic mass is 10.2. The van der Waals surface area contributed by atoms with Crippen LogP contribution < -0.4 is 0 Å². The fourth-order valence-corrected chi connectivity index (χ4v) is 1.16. The zero-order valence-electron chi connectivity index (χ0n) is 9.69. The fourth-order valence-electron chi connectivity index (χ4n) is 1.16. The molecule has 0 unspecified atom stereocenters. The van der Waals surface area contributed by atoms with Gasteiger partial charge in [0.25, 0.3) is 0 Å². The highest BCUT2D eigenvalue weighted by molar-refractivity contribution is 5.15. The van der Waals surface area contributed by atoms with Crippen LogP contribution in [0, 0.1) is 0 Å². The second-order valence-corrected chi connectivity index (χ2v) is 3.39. The standard InChI is InChI=1S/C14H18O2/c1-3-15-10-9-13(2)11-16-12-14-7-5-4-6-8-14/h4-10H,2-3,11-12H2,1H3/b10-9+. The zero-order valence-corrected chi connectivity index (χ0v) is 9.69. The zero-order chi connectivity index (χ0) is 11.6. The van der Waals surface area contributed by atoms with Gasteiger partial charge in [-0.15, -0.1) is 0 Å². The maximum atomic E-state index is 5.51. The Bertz CT molecular complexity index is 328. The summed E-state index contributed by atoms with van der Waals surface area (Å²) in [6.45, 7) is 7.62. The van der Waals surface area contributed by atoms with Crippen LogP contribution in [0.4, 0.5) is 0 Å². The molecule has 2 heteroatoms. The summed E-state index contributed by atoms with van der Waals surface area (Å²) in [6.07, 6.45) is 3.47. The first-order valence-electron chi connectivity index (χ1n) is 5.40. The average Bonchev–Trinajstić information content (AvgIpc) is 2.31. The first kappa shape index (κ1) is 12.5. The molecule has 0 heterocycles. The molecule has 1 aromatic carbocycles. The van der Waals surface area contributed by atoms with Gasteiger partial charge in [0, 0.05) is 0 Å². The summed E-state index contributed by atoms with van der Waals surface area (Å²) in [4.78, 5) is 0. The molecule has 0 aliphatic carbocycles. The first-order chi connectivity index (χ1) is 7.83. The Morgan fingerprint density at radius 1 is 1.31 bits per heavy atom. The van der Waals surface area contributed by atoms with Gasteiger partial charge >= 0.3 is 0 Å². The number of benzene rings is 1. The third-order valence-corrected chi connectivity index (χ3v) is 1.97. The molecule has 0 saturated carbocycles. The van der Waals surface area contributed by atoms with E-state index >= 15 is 0 Å². The number of rotatable bonds is 7. The minimum absolute atomic E-state index is 0.526. The van der Waals surface area contributed by atoms with Crippen molar-refractivity contribution in [2.24, 2.45) is 0 Å². The van der Waals surface area contributed by atoms with E-state index in [2.05, 4.69) is 6.58 Å². The van der Waals surface area contributed by atoms with Crippen molar-refractivity contribution in [1.29, 1.82) is 0 Å². The number of hydrogen-bond donors (Lipinski definition) is 0. The molecule has 0 N–H and O–H groups in total. The number of hydrogen-bond acceptors (Lipinski definition) is 2. The molecule has 0 aliphatic heterocycles. The predicted octanol–water partition coefficient (Wildman–Crippen LogP) is 3.31. The van der Waals surface area contributed by atoms with E-state index in [1.165, 1.54) is 5.56 Å². The van der Waals surface area contributed by atoms with Crippen LogP contribution in [0.1, 0.15) is 12.5 Å². The summed E-state index contributed by atoms with van der Waals surface area (Å²) in [7, 11) is 0. The van der Waals surface area contributed by atoms with Gasteiger partial charge in [-0.2, -0.15) is 0 Å². The summed E-state index contributed by atoms with van der Waals surface area (Å²) in [5.41, 5.74) is 2.08. The van der Waals surface area contributed by atoms with E-state index in [0.29, 0.717) is 19.8 Å². The van der Waals surface area contributed by atoms with E-state index in [0.717, 1.165) is 5.57 Å². The van der Waals surface area contributed by atoms with E-state index in [9.17, 15) is 0 Å². The molecule has 0 atom stereocenters. The van der Waals surface area contributed by atoms with E-state index in [1.54, 1.807) is 6.26 Å². The van der Waals surface area contributed by atoms with Gasteiger partial charge in [0.15, 0.2) is 0 Å². The second kappa shape index (κ2) is 7.71. The van der Waals surface area contributed by atoms with Crippen molar-refractivity contribution in [3.05, 3.63) is 60.4 Å². The first-order valence-corrected chi connectivity index (χ1v) is 5.40. The van der Waals surface area contributed by atoms with Crippen molar-refractivity contribution in [2.45, 2.75) is 13.5 Å². The second-order valence-electron chi connectivity index (χ2n) is 3.39. The van der Waals surface area contributed by atoms with Crippen LogP contribution in [0.2, 0.25) is 0 Å². The van der Waals surface area contributed by atoms with E-state index in [-0.39, 0.29) is 0 Å². The Labute approximate surface area is 97.2 Å². The molecule has 0 spiro atoms. The molecular weight excluding hydrogens is 200 g/mol. The van der Waals surface area contributed by atoms with Gasteiger partial charge in [-0.3, -0.25) is 0 Å². The molecule has 1 aromatic rings. The van der Waals surface area contributed by atoms with Crippen molar-refractivity contribution < 1.29 is 9.47 Å². The minimum Gasteiger partial charge on any atom is -0.501 e. The maximum absolute atomic E-state index is 5.51. The Hall–Kier alpha value is -1.54. The maximum Gasteiger partial charge on any atom is 0.0845 e. The molecule has 2 nitrogen and oxygen atoms in total. The summed E-state index contributed by atoms with van der Waals surface area (Å²) in [6, 6.07) is 10.1. The summed E-state index contributed by atoms with van der Waals surface area (Å²) < 4.78 is 10.6. The van der Waals surface area contributed by atoms with Gasteiger partial charge in [-0.25, -0.2) is 0 Å². The predicted molar refractivity (Wildman–Crippen MR) is 66.0 cm³/mol. The van der Waals surface area contributed by atoms with Crippen LogP contribution in [0.25, 0.3) is 0 Å². The van der Waals surface area contributed by atoms with Gasteiger partial charge in [0.1, 0.15) is 0 Å². The van der Waals surface area contributed by atoms with E-state index in [4.69, 9.17) is 9.47 Å². The van der Waals surface area contributed by atoms with Crippen LogP contribution in [-0.2, 0) is 16.1 Å². The van der Waals surface area contributed by atoms with Crippen molar-refractivity contribution in [3.63, 3.8) is 0 Å². The summed E-state index contributed by atoms with van der Waals surface area (Å²) in [5.74, 6) is 0. The minimum atomic E-state index is 0.526. The third kappa shape index (κ3) is 5.37. The molecule has 0 radical (unpaired) electrons. The highest BCUT2D eigenvalue weighted by Gasteiger charge is 1.92. The van der Waals surface area contributed by atoms with Gasteiger partial charge in [-0.05, 0) is 24.1 Å². The Balaban J connectivity index is 2.18. The van der Waals surface area contributed by atoms with Crippen molar-refractivity contribution in [3.8, 4) is 0 Å². The van der Waals surface area contributed by atoms with E-state index < -0.39 is 0 Å². The lowest BCUT2D eigenvalue weighted by Gasteiger charge is -2.04. The molecular formula is C14H18O2. The highest BCUT2D eigenvalue weighted by Crippen LogP contribution is 2.02. The van der Waals surface area contributed by atoms with Gasteiger partial charge in [-0.1, -0.05) is 36.9 Å². The highest BCUT2D eigenvalue weighted by atomic mass is 16.5. The average molecular weight is 218 g/mol. The van der Waals surface area contributed by atoms with Crippen LogP contribution >= 0.6 is 0 Å². The Kier molecular flexibility index (Phi) is 6.04. The molecule has 16 heavy (non-hydrogen) atoms. The van der Waals surface area contributed by atoms with Crippen LogP contribution in [-0.4, -0.2) is 13.2 Å². The molecule has 0 aromatic heterocycles. The summed E-state index contributed by atoms with van der Waals surface area (Å²) >= 11 is 0. The molecule has 86 valence electrons. The quantitative estimate of drug-likeness (QED) is 0.516. The van der Waals surface area contributed by atoms with Gasteiger partial charge in [0.05, 0.1) is 26.1 Å². The Morgan fingerprint density at radius 3 is 2.75 bits per heavy atom. The van der Waals surface area contributed by atoms with Crippen LogP contribution in [0.15, 0.2) is 54.8 Å². The van der Waals surface area contributed by atoms with Gasteiger partial charge in [0.2, 0.25) is 0 Å². The SMILES string of the molecule is C=C(/C=C/OCC)COCc1ccccc1. The monoisotopic (exact) mass is 218 g/mol. The van der Waals surface area contributed by atoms with Crippen LogP contribution in [0.5, 0.6) is 0 Å². The molecule has 0 fully saturated rings. The summed E-state index contributed by atoms with van der Waals surface area (Å²) in [5, 5.41) is 0. The number of ether oxygens (including phenoxy) is 2. The lowest BCUT2D eigenvalue weighted by molar-refractivity contribution is 0.144. The van der Waals surface area contributed by atoms with E-state index in [1.807, 2.05) is 43.3 Å². The normalized spacial score (nSPS) is 10.6. The van der Waals surface area contributed by atoms with Crippen molar-refractivity contribution in [2.75, 3.05) is 13.2 Å². The van der Waals surface area contributed by atoms with Crippen LogP contribution in [0.3, 0.4) is 0 Å². The smallest absolute Gasteiger partial charge is 0.0845 e. The third-order valence-electron chi connectivity index (χ3n) is 1.97. The topological polar surface area (TPSA) is 18.5 Å². The fraction of sp³-hybridized carbons (Fsp3) is 0.286. The molecule has 1 rings (SSSR count). The lowest BCUT2D eigenvalue weighted by Crippen LogP contribution is -1.96.